The summed E-state index contributed by atoms with van der Waals surface area (Å²) in [5.41, 5.74) is 9.49. The molecule has 4 nitrogen and oxygen atoms in total. The molecule has 0 bridgehead atoms. The third kappa shape index (κ3) is 3.08. The highest BCUT2D eigenvalue weighted by molar-refractivity contribution is 5.73. The number of aliphatic hydroxyl groups excluding tert-OH is 1. The molecular weight excluding hydrogens is 286 g/mol. The van der Waals surface area contributed by atoms with Crippen LogP contribution in [-0.4, -0.2) is 9.67 Å². The number of unbranched alkanes of at least 4 members (excludes halogenated alkanes) is 1. The molecule has 0 aliphatic carbocycles. The third-order valence-electron chi connectivity index (χ3n) is 4.29. The molecule has 0 saturated carbocycles. The van der Waals surface area contributed by atoms with E-state index < -0.39 is 6.10 Å². The molecule has 2 aromatic carbocycles. The van der Waals surface area contributed by atoms with Gasteiger partial charge in [-0.1, -0.05) is 55.8 Å². The average molecular weight is 310 g/mol. The first-order chi connectivity index (χ1) is 11.2. The molecule has 0 saturated heterocycles. The number of para-hydroxylation sites is 2. The molecule has 1 atom stereocenters. The van der Waals surface area contributed by atoms with Crippen molar-refractivity contribution in [1.29, 1.82) is 0 Å². The van der Waals surface area contributed by atoms with Gasteiger partial charge >= 0.3 is 5.95 Å². The topological polar surface area (TPSA) is 55.1 Å². The number of benzene rings is 2. The van der Waals surface area contributed by atoms with Crippen molar-refractivity contribution in [2.45, 2.75) is 39.0 Å². The summed E-state index contributed by atoms with van der Waals surface area (Å²) in [6, 6.07) is 17.9. The fraction of sp³-hybridized carbons (Fsp3) is 0.316. The minimum absolute atomic E-state index is 0.454. The van der Waals surface area contributed by atoms with Gasteiger partial charge in [-0.2, -0.15) is 0 Å². The second-order valence-electron chi connectivity index (χ2n) is 5.89. The molecule has 120 valence electrons. The largest absolute Gasteiger partial charge is 0.385 e. The van der Waals surface area contributed by atoms with Gasteiger partial charge in [0.1, 0.15) is 23.7 Å². The number of nitrogens with zero attached hydrogens (tertiary/aromatic N) is 2. The molecule has 0 aliphatic rings. The molecule has 0 fully saturated rings. The van der Waals surface area contributed by atoms with Crippen LogP contribution in [0.3, 0.4) is 0 Å². The van der Waals surface area contributed by atoms with E-state index in [9.17, 15) is 5.11 Å². The molecule has 23 heavy (non-hydrogen) atoms. The Labute approximate surface area is 136 Å². The number of aromatic nitrogens is 2. The van der Waals surface area contributed by atoms with Crippen LogP contribution in [0.5, 0.6) is 0 Å². The van der Waals surface area contributed by atoms with Crippen LogP contribution in [0, 0.1) is 0 Å². The molecular formula is C19H24N3O+. The predicted molar refractivity (Wildman–Crippen MR) is 92.9 cm³/mol. The standard InChI is InChI=1S/C19H23N3O/c1-2-3-13-21-16-11-7-8-12-17(16)22(19(21)20)14-18(23)15-9-5-4-6-10-15/h4-12,18,20,23H,2-3,13-14H2,1H3/p+1/t18-/m0/s1. The van der Waals surface area contributed by atoms with Crippen LogP contribution >= 0.6 is 0 Å². The predicted octanol–water partition coefficient (Wildman–Crippen LogP) is 3.04. The van der Waals surface area contributed by atoms with Crippen molar-refractivity contribution in [3.8, 4) is 0 Å². The summed E-state index contributed by atoms with van der Waals surface area (Å²) in [4.78, 5) is 0. The molecule has 3 aromatic rings. The number of aryl methyl sites for hydroxylation is 1. The fourth-order valence-corrected chi connectivity index (χ4v) is 3.01. The Morgan fingerprint density at radius 3 is 2.52 bits per heavy atom. The van der Waals surface area contributed by atoms with E-state index in [2.05, 4.69) is 23.6 Å². The van der Waals surface area contributed by atoms with Gasteiger partial charge in [0.15, 0.2) is 0 Å². The van der Waals surface area contributed by atoms with Crippen LogP contribution in [0.2, 0.25) is 0 Å². The highest BCUT2D eigenvalue weighted by Crippen LogP contribution is 2.19. The number of aliphatic hydroxyl groups is 1. The summed E-state index contributed by atoms with van der Waals surface area (Å²) in [6.07, 6.45) is 1.64. The van der Waals surface area contributed by atoms with Gasteiger partial charge in [0.2, 0.25) is 0 Å². The van der Waals surface area contributed by atoms with E-state index in [0.29, 0.717) is 12.5 Å². The van der Waals surface area contributed by atoms with Gasteiger partial charge in [0.05, 0.1) is 6.54 Å². The minimum atomic E-state index is -0.575. The second-order valence-corrected chi connectivity index (χ2v) is 5.89. The van der Waals surface area contributed by atoms with Crippen molar-refractivity contribution in [3.63, 3.8) is 0 Å². The number of hydrogen-bond donors (Lipinski definition) is 2. The fourth-order valence-electron chi connectivity index (χ4n) is 3.01. The molecule has 0 spiro atoms. The number of nitrogen functional groups attached to an aromatic ring is 1. The zero-order valence-electron chi connectivity index (χ0n) is 13.5. The van der Waals surface area contributed by atoms with Crippen LogP contribution < -0.4 is 10.3 Å². The Kier molecular flexibility index (Phi) is 4.63. The van der Waals surface area contributed by atoms with Crippen molar-refractivity contribution < 1.29 is 9.67 Å². The van der Waals surface area contributed by atoms with Gasteiger partial charge in [-0.25, -0.2) is 9.13 Å². The lowest BCUT2D eigenvalue weighted by Gasteiger charge is -2.10. The van der Waals surface area contributed by atoms with E-state index in [1.54, 1.807) is 0 Å². The maximum atomic E-state index is 10.6. The first-order valence-electron chi connectivity index (χ1n) is 8.22. The minimum Gasteiger partial charge on any atom is -0.385 e. The summed E-state index contributed by atoms with van der Waals surface area (Å²) in [5, 5.41) is 10.6. The Bertz CT molecular complexity index is 780. The maximum Gasteiger partial charge on any atom is 0.356 e. The van der Waals surface area contributed by atoms with E-state index >= 15 is 0 Å². The molecule has 3 N–H and O–H groups in total. The number of nitrogens with two attached hydrogens (primary N) is 1. The average Bonchev–Trinajstić information content (AvgIpc) is 2.86. The second kappa shape index (κ2) is 6.84. The zero-order chi connectivity index (χ0) is 16.2. The van der Waals surface area contributed by atoms with Gasteiger partial charge in [-0.15, -0.1) is 0 Å². The molecule has 0 amide bonds. The molecule has 0 radical (unpaired) electrons. The molecule has 4 heteroatoms. The van der Waals surface area contributed by atoms with E-state index in [1.165, 1.54) is 0 Å². The van der Waals surface area contributed by atoms with Crippen molar-refractivity contribution in [1.82, 2.24) is 4.57 Å². The van der Waals surface area contributed by atoms with Crippen LogP contribution in [-0.2, 0) is 13.1 Å². The summed E-state index contributed by atoms with van der Waals surface area (Å²) >= 11 is 0. The lowest BCUT2D eigenvalue weighted by atomic mass is 10.1. The summed E-state index contributed by atoms with van der Waals surface area (Å²) in [5.74, 6) is 0.703. The molecule has 1 aromatic heterocycles. The lowest BCUT2D eigenvalue weighted by molar-refractivity contribution is -0.666. The van der Waals surface area contributed by atoms with Crippen molar-refractivity contribution in [3.05, 3.63) is 60.2 Å². The molecule has 0 aliphatic heterocycles. The Hall–Kier alpha value is -2.33. The summed E-state index contributed by atoms with van der Waals surface area (Å²) < 4.78 is 4.17. The first-order valence-corrected chi connectivity index (χ1v) is 8.22. The number of imidazole rings is 1. The summed E-state index contributed by atoms with van der Waals surface area (Å²) in [6.45, 7) is 3.53. The Morgan fingerprint density at radius 1 is 1.09 bits per heavy atom. The van der Waals surface area contributed by atoms with E-state index in [1.807, 2.05) is 47.0 Å². The normalized spacial score (nSPS) is 12.6. The lowest BCUT2D eigenvalue weighted by Crippen LogP contribution is -2.39. The Morgan fingerprint density at radius 2 is 1.78 bits per heavy atom. The quantitative estimate of drug-likeness (QED) is 0.688. The van der Waals surface area contributed by atoms with Gasteiger partial charge in [-0.05, 0) is 24.1 Å². The Balaban J connectivity index is 1.98. The molecule has 3 rings (SSSR count). The maximum absolute atomic E-state index is 10.6. The van der Waals surface area contributed by atoms with Crippen LogP contribution in [0.15, 0.2) is 54.6 Å². The summed E-state index contributed by atoms with van der Waals surface area (Å²) in [7, 11) is 0. The first kappa shape index (κ1) is 15.6. The zero-order valence-corrected chi connectivity index (χ0v) is 13.5. The number of fused-ring (bicyclic) bond motifs is 1. The van der Waals surface area contributed by atoms with Gasteiger partial charge in [0.25, 0.3) is 0 Å². The van der Waals surface area contributed by atoms with Crippen molar-refractivity contribution >= 4 is 17.0 Å². The van der Waals surface area contributed by atoms with E-state index in [4.69, 9.17) is 5.73 Å². The van der Waals surface area contributed by atoms with Crippen LogP contribution in [0.4, 0.5) is 5.95 Å². The number of rotatable bonds is 6. The molecule has 0 unspecified atom stereocenters. The SMILES string of the molecule is CCCCn1c(N)[n+](C[C@H](O)c2ccccc2)c2ccccc21. The number of anilines is 1. The van der Waals surface area contributed by atoms with Gasteiger partial charge in [0, 0.05) is 0 Å². The number of hydrogen-bond acceptors (Lipinski definition) is 2. The monoisotopic (exact) mass is 310 g/mol. The van der Waals surface area contributed by atoms with Gasteiger partial charge < -0.3 is 5.11 Å². The van der Waals surface area contributed by atoms with Crippen molar-refractivity contribution in [2.24, 2.45) is 0 Å². The van der Waals surface area contributed by atoms with Crippen LogP contribution in [0.1, 0.15) is 31.4 Å². The highest BCUT2D eigenvalue weighted by Gasteiger charge is 2.22. The smallest absolute Gasteiger partial charge is 0.356 e. The van der Waals surface area contributed by atoms with E-state index in [-0.39, 0.29) is 0 Å². The van der Waals surface area contributed by atoms with E-state index in [0.717, 1.165) is 36.0 Å². The molecule has 1 heterocycles. The third-order valence-corrected chi connectivity index (χ3v) is 4.29. The van der Waals surface area contributed by atoms with Gasteiger partial charge in [-0.3, -0.25) is 5.73 Å². The van der Waals surface area contributed by atoms with Crippen LogP contribution in [0.25, 0.3) is 11.0 Å². The highest BCUT2D eigenvalue weighted by atomic mass is 16.3. The van der Waals surface area contributed by atoms with Crippen molar-refractivity contribution in [2.75, 3.05) is 5.73 Å².